The summed E-state index contributed by atoms with van der Waals surface area (Å²) in [6.07, 6.45) is 0. The highest BCUT2D eigenvalue weighted by atomic mass is 35.5. The summed E-state index contributed by atoms with van der Waals surface area (Å²) in [5, 5.41) is 0. The molecule has 11 heavy (non-hydrogen) atoms. The van der Waals surface area contributed by atoms with Crippen molar-refractivity contribution in [3.63, 3.8) is 0 Å². The van der Waals surface area contributed by atoms with Crippen LogP contribution in [0.25, 0.3) is 0 Å². The fraction of sp³-hybridized carbons (Fsp3) is 0.750. The third kappa shape index (κ3) is 13.0. The van der Waals surface area contributed by atoms with Crippen molar-refractivity contribution in [3.8, 4) is 0 Å². The molecule has 0 spiro atoms. The summed E-state index contributed by atoms with van der Waals surface area (Å²) < 4.78 is 5.26. The number of nitrogens with zero attached hydrogens (tertiary/aromatic N) is 1. The fourth-order valence-corrected chi connectivity index (χ4v) is 0.494. The van der Waals surface area contributed by atoms with Gasteiger partial charge in [0.05, 0.1) is 13.2 Å². The van der Waals surface area contributed by atoms with E-state index in [4.69, 9.17) is 4.74 Å². The van der Waals surface area contributed by atoms with Gasteiger partial charge in [0.15, 0.2) is 0 Å². The Hall–Kier alpha value is -0.0500. The molecule has 0 atom stereocenters. The first-order chi connectivity index (χ1) is 4.63. The molecule has 0 amide bonds. The molecule has 0 aliphatic carbocycles. The Balaban J connectivity index is 0. The molecule has 0 heterocycles. The van der Waals surface area contributed by atoms with Crippen molar-refractivity contribution >= 4 is 12.4 Å². The van der Waals surface area contributed by atoms with Gasteiger partial charge in [0.1, 0.15) is 0 Å². The molecule has 0 bridgehead atoms. The van der Waals surface area contributed by atoms with E-state index < -0.39 is 0 Å². The number of rotatable bonds is 5. The van der Waals surface area contributed by atoms with Gasteiger partial charge in [0, 0.05) is 6.54 Å². The molecule has 0 unspecified atom stereocenters. The molecule has 0 saturated heterocycles. The smallest absolute Gasteiger partial charge is 0.0672 e. The van der Waals surface area contributed by atoms with Gasteiger partial charge in [-0.2, -0.15) is 0 Å². The number of likely N-dealkylation sites (N-methyl/N-ethyl adjacent to an activating group) is 1. The van der Waals surface area contributed by atoms with Gasteiger partial charge in [-0.1, -0.05) is 12.2 Å². The molecule has 0 radical (unpaired) electrons. The second kappa shape index (κ2) is 8.05. The van der Waals surface area contributed by atoms with Crippen LogP contribution in [0.15, 0.2) is 12.2 Å². The van der Waals surface area contributed by atoms with E-state index in [1.807, 2.05) is 21.0 Å². The molecule has 0 aromatic rings. The first kappa shape index (κ1) is 13.5. The molecule has 0 aliphatic rings. The average molecular weight is 180 g/mol. The lowest BCUT2D eigenvalue weighted by atomic mass is 10.4. The Morgan fingerprint density at radius 2 is 2.00 bits per heavy atom. The van der Waals surface area contributed by atoms with Crippen molar-refractivity contribution in [2.45, 2.75) is 6.92 Å². The molecule has 3 heteroatoms. The summed E-state index contributed by atoms with van der Waals surface area (Å²) in [6, 6.07) is 0. The summed E-state index contributed by atoms with van der Waals surface area (Å²) >= 11 is 0. The van der Waals surface area contributed by atoms with E-state index in [0.29, 0.717) is 6.61 Å². The zero-order valence-corrected chi connectivity index (χ0v) is 8.41. The van der Waals surface area contributed by atoms with Gasteiger partial charge in [-0.05, 0) is 21.0 Å². The summed E-state index contributed by atoms with van der Waals surface area (Å²) in [7, 11) is 4.06. The van der Waals surface area contributed by atoms with Gasteiger partial charge in [-0.15, -0.1) is 12.4 Å². The summed E-state index contributed by atoms with van der Waals surface area (Å²) in [4.78, 5) is 2.10. The second-order valence-electron chi connectivity index (χ2n) is 2.81. The van der Waals surface area contributed by atoms with Gasteiger partial charge in [0.2, 0.25) is 0 Å². The van der Waals surface area contributed by atoms with Gasteiger partial charge >= 0.3 is 0 Å². The van der Waals surface area contributed by atoms with Crippen LogP contribution in [-0.4, -0.2) is 38.8 Å². The van der Waals surface area contributed by atoms with E-state index in [-0.39, 0.29) is 12.4 Å². The highest BCUT2D eigenvalue weighted by Crippen LogP contribution is 1.87. The number of hydrogen-bond donors (Lipinski definition) is 0. The lowest BCUT2D eigenvalue weighted by Gasteiger charge is -2.09. The number of ether oxygens (including phenoxy) is 1. The first-order valence-electron chi connectivity index (χ1n) is 3.50. The highest BCUT2D eigenvalue weighted by Gasteiger charge is 1.89. The van der Waals surface area contributed by atoms with Crippen LogP contribution in [0.5, 0.6) is 0 Å². The maximum Gasteiger partial charge on any atom is 0.0672 e. The molecule has 0 N–H and O–H groups in total. The molecule has 0 aromatic carbocycles. The Kier molecular flexibility index (Phi) is 9.90. The lowest BCUT2D eigenvalue weighted by Crippen LogP contribution is -2.18. The normalized spacial score (nSPS) is 9.45. The van der Waals surface area contributed by atoms with Crippen LogP contribution in [-0.2, 0) is 4.74 Å². The molecular weight excluding hydrogens is 162 g/mol. The minimum atomic E-state index is 0. The minimum absolute atomic E-state index is 0. The zero-order chi connectivity index (χ0) is 7.98. The Morgan fingerprint density at radius 3 is 2.36 bits per heavy atom. The molecule has 68 valence electrons. The highest BCUT2D eigenvalue weighted by molar-refractivity contribution is 5.85. The van der Waals surface area contributed by atoms with Crippen molar-refractivity contribution in [2.24, 2.45) is 0 Å². The summed E-state index contributed by atoms with van der Waals surface area (Å²) in [6.45, 7) is 8.16. The average Bonchev–Trinajstić information content (AvgIpc) is 1.79. The van der Waals surface area contributed by atoms with E-state index >= 15 is 0 Å². The van der Waals surface area contributed by atoms with Crippen molar-refractivity contribution in [1.29, 1.82) is 0 Å². The molecule has 2 nitrogen and oxygen atoms in total. The first-order valence-corrected chi connectivity index (χ1v) is 3.50. The van der Waals surface area contributed by atoms with E-state index in [9.17, 15) is 0 Å². The SMILES string of the molecule is C=C(C)COCCN(C)C.Cl. The predicted octanol–water partition coefficient (Wildman–Crippen LogP) is 1.56. The Bertz CT molecular complexity index is 104. The van der Waals surface area contributed by atoms with Gasteiger partial charge < -0.3 is 9.64 Å². The zero-order valence-electron chi connectivity index (χ0n) is 7.59. The molecular formula is C8H18ClNO. The quantitative estimate of drug-likeness (QED) is 0.469. The van der Waals surface area contributed by atoms with Crippen molar-refractivity contribution < 1.29 is 4.74 Å². The maximum absolute atomic E-state index is 5.26. The van der Waals surface area contributed by atoms with E-state index in [1.165, 1.54) is 0 Å². The molecule has 0 rings (SSSR count). The number of halogens is 1. The van der Waals surface area contributed by atoms with Crippen LogP contribution >= 0.6 is 12.4 Å². The van der Waals surface area contributed by atoms with E-state index in [2.05, 4.69) is 11.5 Å². The minimum Gasteiger partial charge on any atom is -0.376 e. The van der Waals surface area contributed by atoms with Gasteiger partial charge in [-0.3, -0.25) is 0 Å². The van der Waals surface area contributed by atoms with Crippen LogP contribution in [0, 0.1) is 0 Å². The van der Waals surface area contributed by atoms with Gasteiger partial charge in [-0.25, -0.2) is 0 Å². The van der Waals surface area contributed by atoms with Crippen molar-refractivity contribution in [2.75, 3.05) is 33.9 Å². The Morgan fingerprint density at radius 1 is 1.45 bits per heavy atom. The number of hydrogen-bond acceptors (Lipinski definition) is 2. The lowest BCUT2D eigenvalue weighted by molar-refractivity contribution is 0.137. The topological polar surface area (TPSA) is 12.5 Å². The fourth-order valence-electron chi connectivity index (χ4n) is 0.494. The summed E-state index contributed by atoms with van der Waals surface area (Å²) in [5.74, 6) is 0. The van der Waals surface area contributed by atoms with Crippen molar-refractivity contribution in [3.05, 3.63) is 12.2 Å². The second-order valence-corrected chi connectivity index (χ2v) is 2.81. The van der Waals surface area contributed by atoms with Crippen LogP contribution in [0.4, 0.5) is 0 Å². The molecule has 0 fully saturated rings. The molecule has 0 aliphatic heterocycles. The monoisotopic (exact) mass is 179 g/mol. The van der Waals surface area contributed by atoms with Crippen LogP contribution in [0.3, 0.4) is 0 Å². The van der Waals surface area contributed by atoms with E-state index in [0.717, 1.165) is 18.7 Å². The standard InChI is InChI=1S/C8H17NO.ClH/c1-8(2)7-10-6-5-9(3)4;/h1,5-7H2,2-4H3;1H. The molecule has 0 aromatic heterocycles. The van der Waals surface area contributed by atoms with Crippen molar-refractivity contribution in [1.82, 2.24) is 4.90 Å². The third-order valence-electron chi connectivity index (χ3n) is 1.03. The Labute approximate surface area is 75.6 Å². The van der Waals surface area contributed by atoms with Crippen LogP contribution in [0.2, 0.25) is 0 Å². The third-order valence-corrected chi connectivity index (χ3v) is 1.03. The van der Waals surface area contributed by atoms with Gasteiger partial charge in [0.25, 0.3) is 0 Å². The van der Waals surface area contributed by atoms with Crippen LogP contribution < -0.4 is 0 Å². The maximum atomic E-state index is 5.26. The predicted molar refractivity (Wildman–Crippen MR) is 51.4 cm³/mol. The summed E-state index contributed by atoms with van der Waals surface area (Å²) in [5.41, 5.74) is 1.08. The van der Waals surface area contributed by atoms with E-state index in [1.54, 1.807) is 0 Å². The largest absolute Gasteiger partial charge is 0.376 e. The molecule has 0 saturated carbocycles. The van der Waals surface area contributed by atoms with Crippen LogP contribution in [0.1, 0.15) is 6.92 Å².